The Morgan fingerprint density at radius 2 is 0.757 bits per heavy atom. The van der Waals surface area contributed by atoms with E-state index >= 15 is 0 Å². The Hall–Kier alpha value is -7.74. The molecule has 361 valence electrons. The van der Waals surface area contributed by atoms with E-state index in [1.165, 1.54) is 12.8 Å². The molecule has 1 aliphatic heterocycles. The molecule has 0 aliphatic carbocycles. The highest BCUT2D eigenvalue weighted by Crippen LogP contribution is 2.38. The van der Waals surface area contributed by atoms with E-state index in [2.05, 4.69) is 21.0 Å². The molecule has 16 heteroatoms. The van der Waals surface area contributed by atoms with Crippen molar-refractivity contribution in [2.45, 2.75) is 12.8 Å². The van der Waals surface area contributed by atoms with Gasteiger partial charge in [0.15, 0.2) is 29.1 Å². The van der Waals surface area contributed by atoms with Gasteiger partial charge in [0.25, 0.3) is 0 Å². The van der Waals surface area contributed by atoms with Crippen molar-refractivity contribution < 1.29 is 23.6 Å². The molecule has 2 N–H and O–H groups in total. The van der Waals surface area contributed by atoms with Gasteiger partial charge >= 0.3 is 7.12 Å². The highest BCUT2D eigenvalue weighted by molar-refractivity contribution is 6.58. The molecular formula is C58H42B2Cl3N6O5. The maximum absolute atomic E-state index is 8.63. The Morgan fingerprint density at radius 3 is 1.22 bits per heavy atom. The maximum atomic E-state index is 8.63. The van der Waals surface area contributed by atoms with E-state index in [0.717, 1.165) is 84.9 Å². The molecule has 0 unspecified atom stereocenters. The lowest BCUT2D eigenvalue weighted by atomic mass is 9.81. The number of ether oxygens (including phenoxy) is 1. The lowest BCUT2D eigenvalue weighted by molar-refractivity contribution is 0.198. The molecule has 13 rings (SSSR count). The average Bonchev–Trinajstić information content (AvgIpc) is 4.23. The second-order valence-corrected chi connectivity index (χ2v) is 17.8. The van der Waals surface area contributed by atoms with E-state index < -0.39 is 7.12 Å². The monoisotopic (exact) mass is 1030 g/mol. The predicted molar refractivity (Wildman–Crippen MR) is 298 cm³/mol. The van der Waals surface area contributed by atoms with Crippen LogP contribution in [0.2, 0.25) is 15.3 Å². The van der Waals surface area contributed by atoms with Crippen LogP contribution < -0.4 is 5.46 Å². The van der Waals surface area contributed by atoms with Crippen LogP contribution in [-0.4, -0.2) is 68.7 Å². The fraction of sp³-hybridized carbons (Fsp3) is 0.0690. The summed E-state index contributed by atoms with van der Waals surface area (Å²) in [5, 5.41) is 22.7. The standard InChI is InChI=1S/C27H16ClN3O.C21H12ClN3O.C6H6BClO2.C4H8O.B/c28-19-15-13-18(14-16-19)26-29-25(17-7-2-1-3-8-17)30-27(31-26)21-10-6-12-23-24(21)20-9-4-5-11-22(20)32-23;22-21-24-19(13-7-2-1-3-8-13)23-20(25-21)15-10-6-12-17-18(15)14-9-4-5-11-16(14)26-17;8-6-3-1-5(2-4-6)7(9)10;1-2-4-5-3-1;/h1-16H;1-12H;1-4,9-10H;1-4H2;. The highest BCUT2D eigenvalue weighted by Gasteiger charge is 2.19. The van der Waals surface area contributed by atoms with Crippen molar-refractivity contribution in [3.8, 4) is 56.9 Å². The van der Waals surface area contributed by atoms with Gasteiger partial charge in [-0.1, -0.05) is 157 Å². The zero-order chi connectivity index (χ0) is 50.1. The van der Waals surface area contributed by atoms with E-state index in [4.69, 9.17) is 73.4 Å². The van der Waals surface area contributed by atoms with Crippen LogP contribution in [0.15, 0.2) is 203 Å². The molecule has 0 spiro atoms. The van der Waals surface area contributed by atoms with E-state index in [9.17, 15) is 0 Å². The Labute approximate surface area is 443 Å². The van der Waals surface area contributed by atoms with Crippen molar-refractivity contribution in [3.05, 3.63) is 209 Å². The molecular weight excluding hydrogens is 989 g/mol. The normalized spacial score (nSPS) is 11.7. The summed E-state index contributed by atoms with van der Waals surface area (Å²) in [7, 11) is -1.41. The van der Waals surface area contributed by atoms with Gasteiger partial charge in [-0.05, 0) is 90.6 Å². The van der Waals surface area contributed by atoms with Gasteiger partial charge in [-0.3, -0.25) is 0 Å². The minimum Gasteiger partial charge on any atom is -0.456 e. The first kappa shape index (κ1) is 51.2. The lowest BCUT2D eigenvalue weighted by Gasteiger charge is -2.09. The molecule has 1 fully saturated rings. The zero-order valence-corrected chi connectivity index (χ0v) is 41.7. The molecule has 0 bridgehead atoms. The van der Waals surface area contributed by atoms with Gasteiger partial charge in [-0.2, -0.15) is 9.97 Å². The Morgan fingerprint density at radius 1 is 0.378 bits per heavy atom. The summed E-state index contributed by atoms with van der Waals surface area (Å²) in [5.74, 6) is 2.88. The summed E-state index contributed by atoms with van der Waals surface area (Å²) in [5.41, 5.74) is 8.18. The maximum Gasteiger partial charge on any atom is 0.488 e. The summed E-state index contributed by atoms with van der Waals surface area (Å²) in [6, 6.07) is 61.3. The number of nitrogens with zero attached hydrogens (tertiary/aromatic N) is 6. The molecule has 0 amide bonds. The number of rotatable bonds is 6. The zero-order valence-electron chi connectivity index (χ0n) is 39.4. The van der Waals surface area contributed by atoms with Crippen LogP contribution in [0.25, 0.3) is 101 Å². The van der Waals surface area contributed by atoms with Gasteiger partial charge in [-0.25, -0.2) is 19.9 Å². The molecule has 0 atom stereocenters. The number of benzene rings is 8. The molecule has 8 aromatic carbocycles. The van der Waals surface area contributed by atoms with Crippen LogP contribution in [0.4, 0.5) is 0 Å². The highest BCUT2D eigenvalue weighted by atomic mass is 35.5. The Balaban J connectivity index is 0.000000142. The second-order valence-electron chi connectivity index (χ2n) is 16.6. The minimum absolute atomic E-state index is 0. The summed E-state index contributed by atoms with van der Waals surface area (Å²) in [6.07, 6.45) is 2.56. The molecule has 1 aliphatic rings. The van der Waals surface area contributed by atoms with Crippen molar-refractivity contribution in [1.29, 1.82) is 0 Å². The van der Waals surface area contributed by atoms with Crippen LogP contribution in [0.1, 0.15) is 12.8 Å². The molecule has 5 heterocycles. The van der Waals surface area contributed by atoms with Crippen molar-refractivity contribution >= 4 is 99.7 Å². The minimum atomic E-state index is -1.41. The van der Waals surface area contributed by atoms with Gasteiger partial charge < -0.3 is 23.6 Å². The topological polar surface area (TPSA) is 153 Å². The number of halogens is 3. The first-order valence-corrected chi connectivity index (χ1v) is 24.4. The Bertz CT molecular complexity index is 3800. The third-order valence-electron chi connectivity index (χ3n) is 11.7. The van der Waals surface area contributed by atoms with Gasteiger partial charge in [0.1, 0.15) is 22.3 Å². The van der Waals surface area contributed by atoms with Gasteiger partial charge in [0, 0.05) is 81.0 Å². The van der Waals surface area contributed by atoms with Crippen LogP contribution in [0.3, 0.4) is 0 Å². The van der Waals surface area contributed by atoms with Gasteiger partial charge in [-0.15, -0.1) is 0 Å². The first-order valence-electron chi connectivity index (χ1n) is 23.3. The fourth-order valence-electron chi connectivity index (χ4n) is 8.19. The third kappa shape index (κ3) is 11.9. The molecule has 0 saturated carbocycles. The SMILES string of the molecule is C1CCOC1.Clc1ccc(-c2nc(-c3ccccc3)nc(-c3cccc4oc5ccccc5c34)n2)cc1.Clc1nc(-c2ccccc2)nc(-c2cccc3oc4ccccc4c23)n1.OB(O)c1ccc(Cl)cc1.[B]. The predicted octanol–water partition coefficient (Wildman–Crippen LogP) is 13.6. The fourth-order valence-corrected chi connectivity index (χ4v) is 8.61. The molecule has 4 aromatic heterocycles. The summed E-state index contributed by atoms with van der Waals surface area (Å²) >= 11 is 17.9. The van der Waals surface area contributed by atoms with Crippen LogP contribution in [0, 0.1) is 0 Å². The molecule has 74 heavy (non-hydrogen) atoms. The van der Waals surface area contributed by atoms with Crippen molar-refractivity contribution in [3.63, 3.8) is 0 Å². The van der Waals surface area contributed by atoms with Crippen LogP contribution >= 0.6 is 34.8 Å². The number of hydrogen-bond donors (Lipinski definition) is 2. The summed E-state index contributed by atoms with van der Waals surface area (Å²) < 4.78 is 17.0. The number of fused-ring (bicyclic) bond motifs is 6. The van der Waals surface area contributed by atoms with E-state index in [-0.39, 0.29) is 13.7 Å². The average molecular weight is 1030 g/mol. The van der Waals surface area contributed by atoms with Crippen molar-refractivity contribution in [2.75, 3.05) is 13.2 Å². The second kappa shape index (κ2) is 23.9. The van der Waals surface area contributed by atoms with Gasteiger partial charge in [0.05, 0.1) is 0 Å². The summed E-state index contributed by atoms with van der Waals surface area (Å²) in [6.45, 7) is 2.00. The largest absolute Gasteiger partial charge is 0.488 e. The number of aromatic nitrogens is 6. The molecule has 11 nitrogen and oxygen atoms in total. The van der Waals surface area contributed by atoms with E-state index in [1.54, 1.807) is 24.3 Å². The molecule has 3 radical (unpaired) electrons. The quantitative estimate of drug-likeness (QED) is 0.153. The molecule has 12 aromatic rings. The van der Waals surface area contributed by atoms with Crippen LogP contribution in [-0.2, 0) is 4.74 Å². The van der Waals surface area contributed by atoms with E-state index in [0.29, 0.717) is 44.6 Å². The number of para-hydroxylation sites is 2. The van der Waals surface area contributed by atoms with Crippen LogP contribution in [0.5, 0.6) is 0 Å². The Kier molecular flexibility index (Phi) is 16.5. The first-order chi connectivity index (χ1) is 35.8. The summed E-state index contributed by atoms with van der Waals surface area (Å²) in [4.78, 5) is 27.8. The van der Waals surface area contributed by atoms with Crippen molar-refractivity contribution in [2.24, 2.45) is 0 Å². The van der Waals surface area contributed by atoms with E-state index in [1.807, 2.05) is 164 Å². The number of hydrogen-bond acceptors (Lipinski definition) is 11. The van der Waals surface area contributed by atoms with Crippen molar-refractivity contribution in [1.82, 2.24) is 29.9 Å². The molecule has 1 saturated heterocycles. The number of furan rings is 2. The van der Waals surface area contributed by atoms with Gasteiger partial charge in [0.2, 0.25) is 5.28 Å². The lowest BCUT2D eigenvalue weighted by Crippen LogP contribution is -2.29. The smallest absolute Gasteiger partial charge is 0.456 e. The third-order valence-corrected chi connectivity index (χ3v) is 12.4.